The maximum atomic E-state index is 12.6. The molecule has 0 unspecified atom stereocenters. The van der Waals surface area contributed by atoms with E-state index < -0.39 is 0 Å². The van der Waals surface area contributed by atoms with Gasteiger partial charge in [-0.1, -0.05) is 11.6 Å². The number of halogens is 1. The Morgan fingerprint density at radius 1 is 1.45 bits per heavy atom. The summed E-state index contributed by atoms with van der Waals surface area (Å²) >= 11 is 7.29. The van der Waals surface area contributed by atoms with Gasteiger partial charge < -0.3 is 9.47 Å². The van der Waals surface area contributed by atoms with E-state index in [1.54, 1.807) is 6.07 Å². The molecule has 0 aliphatic carbocycles. The lowest BCUT2D eigenvalue weighted by molar-refractivity contribution is 0.0708. The van der Waals surface area contributed by atoms with Gasteiger partial charge in [-0.15, -0.1) is 11.3 Å². The molecule has 6 heteroatoms. The fourth-order valence-electron chi connectivity index (χ4n) is 3.03. The minimum absolute atomic E-state index is 0.0873. The van der Waals surface area contributed by atoms with Gasteiger partial charge in [0.2, 0.25) is 0 Å². The van der Waals surface area contributed by atoms with Crippen LogP contribution >= 0.6 is 22.9 Å². The second-order valence-corrected chi connectivity index (χ2v) is 7.70. The van der Waals surface area contributed by atoms with Gasteiger partial charge in [-0.3, -0.25) is 4.79 Å². The molecule has 3 heterocycles. The van der Waals surface area contributed by atoms with E-state index in [1.807, 2.05) is 23.4 Å². The highest BCUT2D eigenvalue weighted by Crippen LogP contribution is 2.30. The first-order valence-electron chi connectivity index (χ1n) is 7.63. The molecular formula is C16H20ClN3OS. The molecule has 3 rings (SSSR count). The standard InChI is InChI=1S/C16H20ClN3OS/c1-11(2)20-9-7-18-15(20)12-4-3-8-19(10-12)16(21)13-5-6-14(17)22-13/h5-7,9,11-12H,3-4,8,10H2,1-2H3/t12-/m0/s1. The van der Waals surface area contributed by atoms with Gasteiger partial charge >= 0.3 is 0 Å². The van der Waals surface area contributed by atoms with E-state index in [-0.39, 0.29) is 5.91 Å². The number of hydrogen-bond donors (Lipinski definition) is 0. The first-order chi connectivity index (χ1) is 10.6. The fraction of sp³-hybridized carbons (Fsp3) is 0.500. The zero-order valence-corrected chi connectivity index (χ0v) is 14.4. The summed E-state index contributed by atoms with van der Waals surface area (Å²) in [6.07, 6.45) is 5.98. The molecule has 1 aliphatic heterocycles. The van der Waals surface area contributed by atoms with E-state index in [9.17, 15) is 4.79 Å². The number of carbonyl (C=O) groups is 1. The van der Waals surface area contributed by atoms with Crippen LogP contribution in [-0.2, 0) is 0 Å². The smallest absolute Gasteiger partial charge is 0.263 e. The Labute approximate surface area is 139 Å². The molecule has 22 heavy (non-hydrogen) atoms. The molecule has 0 bridgehead atoms. The summed E-state index contributed by atoms with van der Waals surface area (Å²) in [6, 6.07) is 3.99. The van der Waals surface area contributed by atoms with Gasteiger partial charge in [0.05, 0.1) is 9.21 Å². The molecule has 0 N–H and O–H groups in total. The Kier molecular flexibility index (Phi) is 4.54. The van der Waals surface area contributed by atoms with Crippen LogP contribution in [0.4, 0.5) is 0 Å². The van der Waals surface area contributed by atoms with Crippen molar-refractivity contribution in [2.45, 2.75) is 38.6 Å². The number of carbonyl (C=O) groups excluding carboxylic acids is 1. The van der Waals surface area contributed by atoms with E-state index in [1.165, 1.54) is 11.3 Å². The Morgan fingerprint density at radius 3 is 2.95 bits per heavy atom. The van der Waals surface area contributed by atoms with E-state index in [4.69, 9.17) is 11.6 Å². The quantitative estimate of drug-likeness (QED) is 0.841. The lowest BCUT2D eigenvalue weighted by Crippen LogP contribution is -2.39. The first-order valence-corrected chi connectivity index (χ1v) is 8.83. The number of rotatable bonds is 3. The maximum Gasteiger partial charge on any atom is 0.263 e. The minimum atomic E-state index is 0.0873. The molecule has 1 saturated heterocycles. The lowest BCUT2D eigenvalue weighted by atomic mass is 9.96. The Hall–Kier alpha value is -1.33. The maximum absolute atomic E-state index is 12.6. The number of aromatic nitrogens is 2. The van der Waals surface area contributed by atoms with Crippen LogP contribution in [-0.4, -0.2) is 33.4 Å². The third-order valence-electron chi connectivity index (χ3n) is 4.11. The van der Waals surface area contributed by atoms with Crippen LogP contribution in [0, 0.1) is 0 Å². The molecule has 118 valence electrons. The fourth-order valence-corrected chi connectivity index (χ4v) is 4.05. The number of imidazole rings is 1. The summed E-state index contributed by atoms with van der Waals surface area (Å²) in [4.78, 5) is 19.8. The molecule has 0 aromatic carbocycles. The van der Waals surface area contributed by atoms with Gasteiger partial charge in [0.25, 0.3) is 5.91 Å². The average Bonchev–Trinajstić information content (AvgIpc) is 3.15. The third-order valence-corrected chi connectivity index (χ3v) is 5.33. The molecule has 1 fully saturated rings. The van der Waals surface area contributed by atoms with Gasteiger partial charge in [0.15, 0.2) is 0 Å². The Balaban J connectivity index is 1.77. The van der Waals surface area contributed by atoms with Crippen LogP contribution < -0.4 is 0 Å². The largest absolute Gasteiger partial charge is 0.337 e. The molecule has 0 saturated carbocycles. The first kappa shape index (κ1) is 15.6. The molecule has 2 aromatic rings. The number of hydrogen-bond acceptors (Lipinski definition) is 3. The van der Waals surface area contributed by atoms with Crippen molar-refractivity contribution in [3.8, 4) is 0 Å². The summed E-state index contributed by atoms with van der Waals surface area (Å²) in [6.45, 7) is 5.86. The molecule has 4 nitrogen and oxygen atoms in total. The van der Waals surface area contributed by atoms with E-state index >= 15 is 0 Å². The minimum Gasteiger partial charge on any atom is -0.337 e. The van der Waals surface area contributed by atoms with E-state index in [0.29, 0.717) is 16.3 Å². The number of piperidine rings is 1. The topological polar surface area (TPSA) is 38.1 Å². The predicted molar refractivity (Wildman–Crippen MR) is 89.8 cm³/mol. The van der Waals surface area contributed by atoms with E-state index in [0.717, 1.165) is 36.6 Å². The lowest BCUT2D eigenvalue weighted by Gasteiger charge is -2.32. The van der Waals surface area contributed by atoms with Crippen LogP contribution in [0.1, 0.15) is 54.1 Å². The van der Waals surface area contributed by atoms with Crippen LogP contribution in [0.25, 0.3) is 0 Å². The van der Waals surface area contributed by atoms with Crippen LogP contribution in [0.2, 0.25) is 4.34 Å². The molecule has 1 aliphatic rings. The molecule has 0 radical (unpaired) electrons. The summed E-state index contributed by atoms with van der Waals surface area (Å²) in [7, 11) is 0. The van der Waals surface area contributed by atoms with Crippen molar-refractivity contribution in [1.82, 2.24) is 14.5 Å². The highest BCUT2D eigenvalue weighted by molar-refractivity contribution is 7.17. The summed E-state index contributed by atoms with van der Waals surface area (Å²) in [5.74, 6) is 1.49. The van der Waals surface area contributed by atoms with Gasteiger partial charge in [0.1, 0.15) is 5.82 Å². The molecule has 1 atom stereocenters. The highest BCUT2D eigenvalue weighted by Gasteiger charge is 2.28. The zero-order chi connectivity index (χ0) is 15.7. The van der Waals surface area contributed by atoms with Crippen molar-refractivity contribution in [2.24, 2.45) is 0 Å². The second-order valence-electron chi connectivity index (χ2n) is 5.98. The van der Waals surface area contributed by atoms with Crippen molar-refractivity contribution in [1.29, 1.82) is 0 Å². The molecule has 1 amide bonds. The number of nitrogens with zero attached hydrogens (tertiary/aromatic N) is 3. The number of thiophene rings is 1. The second kappa shape index (κ2) is 6.42. The predicted octanol–water partition coefficient (Wildman–Crippen LogP) is 4.20. The average molecular weight is 338 g/mol. The monoisotopic (exact) mass is 337 g/mol. The zero-order valence-electron chi connectivity index (χ0n) is 12.8. The Morgan fingerprint density at radius 2 is 2.27 bits per heavy atom. The molecule has 2 aromatic heterocycles. The summed E-state index contributed by atoms with van der Waals surface area (Å²) < 4.78 is 2.87. The highest BCUT2D eigenvalue weighted by atomic mass is 35.5. The third kappa shape index (κ3) is 3.06. The number of likely N-dealkylation sites (tertiary alicyclic amines) is 1. The molecule has 0 spiro atoms. The van der Waals surface area contributed by atoms with E-state index in [2.05, 4.69) is 23.4 Å². The van der Waals surface area contributed by atoms with Crippen molar-refractivity contribution in [3.05, 3.63) is 39.6 Å². The Bertz CT molecular complexity index is 664. The van der Waals surface area contributed by atoms with Gasteiger partial charge in [-0.2, -0.15) is 0 Å². The summed E-state index contributed by atoms with van der Waals surface area (Å²) in [5.41, 5.74) is 0. The number of amides is 1. The van der Waals surface area contributed by atoms with Crippen molar-refractivity contribution < 1.29 is 4.79 Å². The normalized spacial score (nSPS) is 18.9. The molecular weight excluding hydrogens is 318 g/mol. The van der Waals surface area contributed by atoms with Crippen LogP contribution in [0.3, 0.4) is 0 Å². The van der Waals surface area contributed by atoms with Crippen LogP contribution in [0.5, 0.6) is 0 Å². The SMILES string of the molecule is CC(C)n1ccnc1[C@H]1CCCN(C(=O)c2ccc(Cl)s2)C1. The summed E-state index contributed by atoms with van der Waals surface area (Å²) in [5, 5.41) is 0. The van der Waals surface area contributed by atoms with Crippen LogP contribution in [0.15, 0.2) is 24.5 Å². The van der Waals surface area contributed by atoms with Crippen molar-refractivity contribution >= 4 is 28.8 Å². The van der Waals surface area contributed by atoms with Crippen molar-refractivity contribution in [3.63, 3.8) is 0 Å². The van der Waals surface area contributed by atoms with Gasteiger partial charge in [0, 0.05) is 37.4 Å². The van der Waals surface area contributed by atoms with Gasteiger partial charge in [-0.25, -0.2) is 4.98 Å². The van der Waals surface area contributed by atoms with Crippen molar-refractivity contribution in [2.75, 3.05) is 13.1 Å². The van der Waals surface area contributed by atoms with Gasteiger partial charge in [-0.05, 0) is 38.8 Å².